The molecule has 0 aromatic carbocycles. The minimum Gasteiger partial charge on any atom is -0.336 e. The van der Waals surface area contributed by atoms with Gasteiger partial charge in [0.05, 0.1) is 10.6 Å². The lowest BCUT2D eigenvalue weighted by Crippen LogP contribution is -2.48. The summed E-state index contributed by atoms with van der Waals surface area (Å²) in [5.41, 5.74) is 0.582. The van der Waals surface area contributed by atoms with E-state index in [1.165, 1.54) is 6.42 Å². The molecule has 0 bridgehead atoms. The van der Waals surface area contributed by atoms with E-state index in [-0.39, 0.29) is 5.91 Å². The molecular weight excluding hydrogens is 324 g/mol. The maximum Gasteiger partial charge on any atom is 0.255 e. The predicted molar refractivity (Wildman–Crippen MR) is 96.5 cm³/mol. The number of carbonyl (C=O) groups excluding carboxylic acids is 1. The van der Waals surface area contributed by atoms with Crippen LogP contribution in [-0.4, -0.2) is 77.9 Å². The van der Waals surface area contributed by atoms with Crippen molar-refractivity contribution in [2.45, 2.75) is 31.7 Å². The number of rotatable bonds is 4. The summed E-state index contributed by atoms with van der Waals surface area (Å²) in [6.45, 7) is 6.46. The Labute approximate surface area is 149 Å². The minimum absolute atomic E-state index is 0.0606. The van der Waals surface area contributed by atoms with Crippen LogP contribution in [0.15, 0.2) is 18.5 Å². The van der Waals surface area contributed by atoms with Gasteiger partial charge < -0.3 is 14.7 Å². The first-order valence-corrected chi connectivity index (χ1v) is 9.34. The largest absolute Gasteiger partial charge is 0.336 e. The molecule has 0 radical (unpaired) electrons. The Morgan fingerprint density at radius 3 is 2.79 bits per heavy atom. The number of hydrogen-bond acceptors (Lipinski definition) is 4. The van der Waals surface area contributed by atoms with Crippen LogP contribution in [0.1, 0.15) is 36.0 Å². The van der Waals surface area contributed by atoms with Gasteiger partial charge in [0.15, 0.2) is 0 Å². The molecule has 0 unspecified atom stereocenters. The third kappa shape index (κ3) is 4.26. The number of likely N-dealkylation sites (tertiary alicyclic amines) is 1. The van der Waals surface area contributed by atoms with E-state index in [2.05, 4.69) is 21.8 Å². The molecule has 0 N–H and O–H groups in total. The van der Waals surface area contributed by atoms with E-state index >= 15 is 0 Å². The van der Waals surface area contributed by atoms with Gasteiger partial charge in [-0.15, -0.1) is 0 Å². The topological polar surface area (TPSA) is 39.7 Å². The van der Waals surface area contributed by atoms with Gasteiger partial charge in [-0.3, -0.25) is 9.78 Å². The fourth-order valence-corrected chi connectivity index (χ4v) is 3.87. The number of nitrogens with zero attached hydrogens (tertiary/aromatic N) is 4. The van der Waals surface area contributed by atoms with E-state index in [1.807, 2.05) is 4.90 Å². The summed E-state index contributed by atoms with van der Waals surface area (Å²) in [4.78, 5) is 23.8. The van der Waals surface area contributed by atoms with Crippen LogP contribution in [0, 0.1) is 0 Å². The van der Waals surface area contributed by atoms with Crippen LogP contribution in [0.5, 0.6) is 0 Å². The summed E-state index contributed by atoms with van der Waals surface area (Å²) < 4.78 is 0. The van der Waals surface area contributed by atoms with E-state index in [9.17, 15) is 4.79 Å². The van der Waals surface area contributed by atoms with Crippen LogP contribution in [-0.2, 0) is 0 Å². The lowest BCUT2D eigenvalue weighted by atomic mass is 9.98. The smallest absolute Gasteiger partial charge is 0.255 e. The molecule has 3 heterocycles. The lowest BCUT2D eigenvalue weighted by molar-refractivity contribution is 0.0570. The molecule has 5 nitrogen and oxygen atoms in total. The second-order valence-electron chi connectivity index (χ2n) is 6.94. The molecule has 1 aromatic rings. The number of pyridine rings is 1. The van der Waals surface area contributed by atoms with E-state index in [0.717, 1.165) is 58.5 Å². The van der Waals surface area contributed by atoms with Crippen molar-refractivity contribution in [3.63, 3.8) is 0 Å². The highest BCUT2D eigenvalue weighted by molar-refractivity contribution is 6.33. The fourth-order valence-electron chi connectivity index (χ4n) is 3.67. The van der Waals surface area contributed by atoms with Gasteiger partial charge in [-0.05, 0) is 38.8 Å². The van der Waals surface area contributed by atoms with Crippen molar-refractivity contribution in [1.82, 2.24) is 19.7 Å². The van der Waals surface area contributed by atoms with E-state index in [1.54, 1.807) is 18.5 Å². The molecule has 0 spiro atoms. The zero-order chi connectivity index (χ0) is 16.9. The summed E-state index contributed by atoms with van der Waals surface area (Å²) in [5, 5.41) is 0.450. The van der Waals surface area contributed by atoms with Gasteiger partial charge in [0.2, 0.25) is 0 Å². The molecule has 1 amide bonds. The molecule has 2 aliphatic rings. The zero-order valence-electron chi connectivity index (χ0n) is 14.5. The molecule has 0 saturated carbocycles. The molecule has 2 fully saturated rings. The van der Waals surface area contributed by atoms with Crippen molar-refractivity contribution in [3.8, 4) is 0 Å². The van der Waals surface area contributed by atoms with Gasteiger partial charge in [0.1, 0.15) is 0 Å². The highest BCUT2D eigenvalue weighted by atomic mass is 35.5. The summed E-state index contributed by atoms with van der Waals surface area (Å²) in [7, 11) is 2.18. The summed E-state index contributed by atoms with van der Waals surface area (Å²) >= 11 is 6.18. The Kier molecular flexibility index (Phi) is 6.09. The molecule has 2 aliphatic heterocycles. The van der Waals surface area contributed by atoms with Crippen LogP contribution < -0.4 is 0 Å². The summed E-state index contributed by atoms with van der Waals surface area (Å²) in [6, 6.07) is 2.06. The van der Waals surface area contributed by atoms with E-state index < -0.39 is 0 Å². The van der Waals surface area contributed by atoms with Gasteiger partial charge in [-0.25, -0.2) is 0 Å². The van der Waals surface area contributed by atoms with Crippen LogP contribution >= 0.6 is 11.6 Å². The summed E-state index contributed by atoms with van der Waals surface area (Å²) in [6.07, 6.45) is 7.64. The van der Waals surface area contributed by atoms with E-state index in [4.69, 9.17) is 11.6 Å². The Bertz CT molecular complexity index is 560. The van der Waals surface area contributed by atoms with Gasteiger partial charge in [0, 0.05) is 57.7 Å². The average Bonchev–Trinajstić information content (AvgIpc) is 2.61. The number of likely N-dealkylation sites (N-methyl/N-ethyl adjacent to an activating group) is 1. The minimum atomic E-state index is 0.0606. The third-order valence-electron chi connectivity index (χ3n) is 5.27. The molecule has 6 heteroatoms. The van der Waals surface area contributed by atoms with Crippen molar-refractivity contribution in [2.24, 2.45) is 0 Å². The standard InChI is InChI=1S/C18H27ClN4O/c1-21-10-12-22(13-11-21)9-6-15-4-2-3-8-23(15)18(24)16-5-7-20-14-17(16)19/h5,7,14-15H,2-4,6,8-13H2,1H3/t15-/m0/s1. The Hall–Kier alpha value is -1.17. The second kappa shape index (κ2) is 8.28. The highest BCUT2D eigenvalue weighted by Gasteiger charge is 2.29. The SMILES string of the molecule is CN1CCN(CC[C@@H]2CCCCN2C(=O)c2ccncc2Cl)CC1. The highest BCUT2D eigenvalue weighted by Crippen LogP contribution is 2.24. The van der Waals surface area contributed by atoms with Crippen LogP contribution in [0.4, 0.5) is 0 Å². The Morgan fingerprint density at radius 1 is 1.25 bits per heavy atom. The predicted octanol–water partition coefficient (Wildman–Crippen LogP) is 2.37. The number of carbonyl (C=O) groups is 1. The molecule has 3 rings (SSSR count). The van der Waals surface area contributed by atoms with Crippen molar-refractivity contribution in [2.75, 3.05) is 46.3 Å². The van der Waals surface area contributed by atoms with Gasteiger partial charge in [-0.1, -0.05) is 11.6 Å². The molecule has 132 valence electrons. The number of aromatic nitrogens is 1. The first-order chi connectivity index (χ1) is 11.6. The van der Waals surface area contributed by atoms with Gasteiger partial charge in [-0.2, -0.15) is 0 Å². The number of piperidine rings is 1. The fraction of sp³-hybridized carbons (Fsp3) is 0.667. The van der Waals surface area contributed by atoms with Crippen molar-refractivity contribution < 1.29 is 4.79 Å². The maximum atomic E-state index is 12.9. The monoisotopic (exact) mass is 350 g/mol. The van der Waals surface area contributed by atoms with Crippen LogP contribution in [0.2, 0.25) is 5.02 Å². The molecule has 1 atom stereocenters. The van der Waals surface area contributed by atoms with E-state index in [0.29, 0.717) is 16.6 Å². The Morgan fingerprint density at radius 2 is 2.04 bits per heavy atom. The van der Waals surface area contributed by atoms with Gasteiger partial charge in [0.25, 0.3) is 5.91 Å². The first kappa shape index (κ1) is 17.6. The van der Waals surface area contributed by atoms with Crippen molar-refractivity contribution in [3.05, 3.63) is 29.0 Å². The number of piperazine rings is 1. The Balaban J connectivity index is 1.61. The average molecular weight is 351 g/mol. The zero-order valence-corrected chi connectivity index (χ0v) is 15.2. The lowest BCUT2D eigenvalue weighted by Gasteiger charge is -2.38. The molecule has 1 aromatic heterocycles. The number of halogens is 1. The molecular formula is C18H27ClN4O. The summed E-state index contributed by atoms with van der Waals surface area (Å²) in [5.74, 6) is 0.0606. The second-order valence-corrected chi connectivity index (χ2v) is 7.34. The number of hydrogen-bond donors (Lipinski definition) is 0. The first-order valence-electron chi connectivity index (χ1n) is 8.96. The molecule has 24 heavy (non-hydrogen) atoms. The third-order valence-corrected chi connectivity index (χ3v) is 5.57. The normalized spacial score (nSPS) is 23.4. The van der Waals surface area contributed by atoms with Crippen molar-refractivity contribution >= 4 is 17.5 Å². The maximum absolute atomic E-state index is 12.9. The van der Waals surface area contributed by atoms with Crippen molar-refractivity contribution in [1.29, 1.82) is 0 Å². The van der Waals surface area contributed by atoms with Gasteiger partial charge >= 0.3 is 0 Å². The quantitative estimate of drug-likeness (QED) is 0.835. The number of amides is 1. The molecule has 0 aliphatic carbocycles. The van der Waals surface area contributed by atoms with Crippen LogP contribution in [0.25, 0.3) is 0 Å². The molecule has 2 saturated heterocycles. The van der Waals surface area contributed by atoms with Crippen LogP contribution in [0.3, 0.4) is 0 Å².